The predicted octanol–water partition coefficient (Wildman–Crippen LogP) is 2.74. The molecule has 0 bridgehead atoms. The molecule has 2 nitrogen and oxygen atoms in total. The van der Waals surface area contributed by atoms with Crippen molar-refractivity contribution < 1.29 is 4.79 Å². The van der Waals surface area contributed by atoms with Gasteiger partial charge in [-0.25, -0.2) is 0 Å². The van der Waals surface area contributed by atoms with Crippen LogP contribution in [0.25, 0.3) is 10.1 Å². The Labute approximate surface area is 92.9 Å². The van der Waals surface area contributed by atoms with Crippen LogP contribution in [0.15, 0.2) is 29.6 Å². The highest BCUT2D eigenvalue weighted by Gasteiger charge is 2.02. The second-order valence-corrected chi connectivity index (χ2v) is 4.28. The van der Waals surface area contributed by atoms with Crippen LogP contribution in [-0.4, -0.2) is 5.91 Å². The topological polar surface area (TPSA) is 29.1 Å². The fraction of sp³-hybridized carbons (Fsp3) is 0.167. The largest absolute Gasteiger partial charge is 0.351 e. The van der Waals surface area contributed by atoms with Crippen LogP contribution in [0.4, 0.5) is 0 Å². The molecular weight excluding hydrogens is 206 g/mol. The monoisotopic (exact) mass is 218 g/mol. The molecule has 0 saturated carbocycles. The number of rotatable bonds is 3. The van der Waals surface area contributed by atoms with Crippen LogP contribution in [0.5, 0.6) is 0 Å². The summed E-state index contributed by atoms with van der Waals surface area (Å²) in [6.45, 7) is 3.32. The highest BCUT2D eigenvalue weighted by molar-refractivity contribution is 7.17. The molecule has 2 aromatic rings. The quantitative estimate of drug-likeness (QED) is 0.843. The van der Waals surface area contributed by atoms with Gasteiger partial charge in [0.25, 0.3) is 0 Å². The number of benzene rings is 1. The number of carbonyl (C=O) groups excluding carboxylic acids is 1. The highest BCUT2D eigenvalue weighted by atomic mass is 32.1. The summed E-state index contributed by atoms with van der Waals surface area (Å²) in [5, 5.41) is 6.11. The van der Waals surface area contributed by atoms with Crippen molar-refractivity contribution in [2.75, 3.05) is 0 Å². The number of thiophene rings is 1. The molecule has 77 valence electrons. The third-order valence-corrected chi connectivity index (χ3v) is 3.20. The van der Waals surface area contributed by atoms with E-state index in [4.69, 9.17) is 0 Å². The molecule has 3 heteroatoms. The van der Waals surface area contributed by atoms with Gasteiger partial charge >= 0.3 is 0 Å². The van der Waals surface area contributed by atoms with E-state index in [1.54, 1.807) is 17.9 Å². The summed E-state index contributed by atoms with van der Waals surface area (Å²) in [4.78, 5) is 10.7. The van der Waals surface area contributed by atoms with Crippen molar-refractivity contribution in [1.82, 2.24) is 5.32 Å². The first-order valence-corrected chi connectivity index (χ1v) is 5.69. The number of nitrogens with one attached hydrogen (secondary N) is 1. The van der Waals surface area contributed by atoms with E-state index in [0.29, 0.717) is 0 Å². The zero-order valence-electron chi connectivity index (χ0n) is 8.49. The number of fused-ring (bicyclic) bond motifs is 1. The molecule has 1 heterocycles. The van der Waals surface area contributed by atoms with Crippen LogP contribution in [-0.2, 0) is 11.2 Å². The molecule has 2 rings (SSSR count). The molecule has 1 N–H and O–H groups in total. The molecular formula is C12H12NOS. The number of amides is 1. The van der Waals surface area contributed by atoms with Crippen LogP contribution in [0.3, 0.4) is 0 Å². The molecule has 1 aromatic heterocycles. The molecule has 1 amide bonds. The van der Waals surface area contributed by atoms with E-state index in [9.17, 15) is 4.79 Å². The van der Waals surface area contributed by atoms with Gasteiger partial charge in [0.1, 0.15) is 0 Å². The minimum Gasteiger partial charge on any atom is -0.351 e. The summed E-state index contributed by atoms with van der Waals surface area (Å²) in [6.07, 6.45) is 0.781. The molecule has 1 aromatic carbocycles. The van der Waals surface area contributed by atoms with Crippen LogP contribution in [0, 0.1) is 6.54 Å². The molecule has 0 atom stereocenters. The average Bonchev–Trinajstić information content (AvgIpc) is 2.62. The van der Waals surface area contributed by atoms with Crippen LogP contribution < -0.4 is 5.32 Å². The Bertz CT molecular complexity index is 475. The van der Waals surface area contributed by atoms with Crippen molar-refractivity contribution in [3.8, 4) is 0 Å². The zero-order chi connectivity index (χ0) is 10.7. The lowest BCUT2D eigenvalue weighted by molar-refractivity contribution is -0.118. The highest BCUT2D eigenvalue weighted by Crippen LogP contribution is 2.25. The van der Waals surface area contributed by atoms with E-state index in [-0.39, 0.29) is 5.91 Å². The molecule has 0 unspecified atom stereocenters. The average molecular weight is 218 g/mol. The summed E-state index contributed by atoms with van der Waals surface area (Å²) in [5.41, 5.74) is 1.27. The first kappa shape index (κ1) is 10.2. The lowest BCUT2D eigenvalue weighted by Crippen LogP contribution is -2.17. The van der Waals surface area contributed by atoms with Gasteiger partial charge in [0.2, 0.25) is 5.91 Å². The van der Waals surface area contributed by atoms with E-state index >= 15 is 0 Å². The van der Waals surface area contributed by atoms with Crippen molar-refractivity contribution in [2.45, 2.75) is 13.3 Å². The summed E-state index contributed by atoms with van der Waals surface area (Å²) in [5.74, 6) is -0.0189. The fourth-order valence-electron chi connectivity index (χ4n) is 1.50. The summed E-state index contributed by atoms with van der Waals surface area (Å²) in [6, 6.07) is 8.31. The van der Waals surface area contributed by atoms with Gasteiger partial charge < -0.3 is 5.32 Å². The Balaban J connectivity index is 2.11. The first-order valence-electron chi connectivity index (χ1n) is 4.81. The maximum Gasteiger partial charge on any atom is 0.217 e. The zero-order valence-corrected chi connectivity index (χ0v) is 9.30. The maximum atomic E-state index is 10.7. The number of hydrogen-bond donors (Lipinski definition) is 1. The summed E-state index contributed by atoms with van der Waals surface area (Å²) < 4.78 is 1.30. The van der Waals surface area contributed by atoms with Gasteiger partial charge in [0.15, 0.2) is 0 Å². The second kappa shape index (κ2) is 4.45. The maximum absolute atomic E-state index is 10.7. The van der Waals surface area contributed by atoms with Gasteiger partial charge in [0, 0.05) is 11.6 Å². The second-order valence-electron chi connectivity index (χ2n) is 3.37. The summed E-state index contributed by atoms with van der Waals surface area (Å²) >= 11 is 1.74. The van der Waals surface area contributed by atoms with Crippen molar-refractivity contribution in [1.29, 1.82) is 0 Å². The Hall–Kier alpha value is -1.35. The molecule has 15 heavy (non-hydrogen) atoms. The third-order valence-electron chi connectivity index (χ3n) is 2.19. The number of carbonyl (C=O) groups is 1. The van der Waals surface area contributed by atoms with Crippen molar-refractivity contribution in [3.05, 3.63) is 41.8 Å². The van der Waals surface area contributed by atoms with Gasteiger partial charge in [-0.15, -0.1) is 11.3 Å². The van der Waals surface area contributed by atoms with E-state index in [0.717, 1.165) is 6.42 Å². The number of hydrogen-bond acceptors (Lipinski definition) is 2. The molecule has 0 spiro atoms. The van der Waals surface area contributed by atoms with Gasteiger partial charge in [-0.1, -0.05) is 18.2 Å². The van der Waals surface area contributed by atoms with Gasteiger partial charge in [-0.3, -0.25) is 4.79 Å². The first-order chi connectivity index (χ1) is 7.27. The molecule has 0 saturated heterocycles. The summed E-state index contributed by atoms with van der Waals surface area (Å²) in [7, 11) is 0. The molecule has 0 aliphatic heterocycles. The minimum atomic E-state index is -0.0189. The van der Waals surface area contributed by atoms with E-state index in [1.807, 2.05) is 12.1 Å². The van der Waals surface area contributed by atoms with Crippen molar-refractivity contribution >= 4 is 27.3 Å². The van der Waals surface area contributed by atoms with Gasteiger partial charge in [0.05, 0.1) is 6.54 Å². The van der Waals surface area contributed by atoms with Gasteiger partial charge in [-0.2, -0.15) is 0 Å². The van der Waals surface area contributed by atoms with E-state index < -0.39 is 0 Å². The van der Waals surface area contributed by atoms with Crippen LogP contribution >= 0.6 is 11.3 Å². The Morgan fingerprint density at radius 2 is 2.27 bits per heavy atom. The smallest absolute Gasteiger partial charge is 0.217 e. The van der Waals surface area contributed by atoms with E-state index in [1.165, 1.54) is 22.6 Å². The SMILES string of the molecule is CC(=O)N[CH]Cc1csc2ccccc12. The Morgan fingerprint density at radius 3 is 3.07 bits per heavy atom. The van der Waals surface area contributed by atoms with E-state index in [2.05, 4.69) is 22.8 Å². The molecule has 1 radical (unpaired) electrons. The standard InChI is InChI=1S/C12H12NOS/c1-9(14)13-7-6-10-8-15-12-5-3-2-4-11(10)12/h2-5,7-8H,6H2,1H3,(H,13,14). The van der Waals surface area contributed by atoms with Crippen molar-refractivity contribution in [2.24, 2.45) is 0 Å². The molecule has 0 aliphatic rings. The molecule has 0 aliphatic carbocycles. The van der Waals surface area contributed by atoms with Crippen LogP contribution in [0.2, 0.25) is 0 Å². The lowest BCUT2D eigenvalue weighted by atomic mass is 10.1. The fourth-order valence-corrected chi connectivity index (χ4v) is 2.47. The Kier molecular flexibility index (Phi) is 3.02. The van der Waals surface area contributed by atoms with Gasteiger partial charge in [-0.05, 0) is 28.8 Å². The predicted molar refractivity (Wildman–Crippen MR) is 63.6 cm³/mol. The normalized spacial score (nSPS) is 10.5. The van der Waals surface area contributed by atoms with Crippen molar-refractivity contribution in [3.63, 3.8) is 0 Å². The Morgan fingerprint density at radius 1 is 1.47 bits per heavy atom. The minimum absolute atomic E-state index is 0.0189. The lowest BCUT2D eigenvalue weighted by Gasteiger charge is -2.00. The molecule has 0 fully saturated rings. The van der Waals surface area contributed by atoms with Crippen LogP contribution in [0.1, 0.15) is 12.5 Å². The third kappa shape index (κ3) is 2.36.